The van der Waals surface area contributed by atoms with Crippen molar-refractivity contribution < 1.29 is 123 Å². The van der Waals surface area contributed by atoms with Gasteiger partial charge in [-0.05, 0) is 12.3 Å². The van der Waals surface area contributed by atoms with Crippen LogP contribution in [0, 0.1) is 11.8 Å². The van der Waals surface area contributed by atoms with E-state index in [2.05, 4.69) is 0 Å². The van der Waals surface area contributed by atoms with Gasteiger partial charge in [-0.1, -0.05) is 39.5 Å². The Bertz CT molecular complexity index is 763. The Morgan fingerprint density at radius 2 is 1.42 bits per heavy atom. The summed E-state index contributed by atoms with van der Waals surface area (Å²) in [6, 6.07) is 0. The van der Waals surface area contributed by atoms with Crippen LogP contribution in [-0.2, 0) is 19.7 Å². The van der Waals surface area contributed by atoms with Crippen LogP contribution in [0.4, 0.5) is 30.7 Å². The van der Waals surface area contributed by atoms with E-state index >= 15 is 0 Å². The van der Waals surface area contributed by atoms with Crippen molar-refractivity contribution in [3.05, 3.63) is 0 Å². The van der Waals surface area contributed by atoms with Crippen molar-refractivity contribution in [3.63, 3.8) is 0 Å². The standard InChI is InChI=1S/C16H23F7O7S.2Na/c1-3-5-6-9(4-2)7-10(11(24)25)13(12(26)27,31(28,29)30)8-14(17,18)15(19,20)16(21,22)23;;/h9-10H,3-8H2,1-2H3,(H,24,25)(H,26,27)(H,28,29,30);;/q;2*+1/p-2. The maximum atomic E-state index is 14.0. The summed E-state index contributed by atoms with van der Waals surface area (Å²) in [4.78, 5) is 23.1. The van der Waals surface area contributed by atoms with E-state index in [1.54, 1.807) is 6.92 Å². The Morgan fingerprint density at radius 3 is 1.70 bits per heavy atom. The third-order valence-electron chi connectivity index (χ3n) is 5.07. The fourth-order valence-electron chi connectivity index (χ4n) is 3.15. The third-order valence-corrected chi connectivity index (χ3v) is 6.58. The van der Waals surface area contributed by atoms with Gasteiger partial charge in [0.25, 0.3) is 10.1 Å². The fraction of sp³-hybridized carbons (Fsp3) is 0.875. The van der Waals surface area contributed by atoms with Crippen molar-refractivity contribution in [1.82, 2.24) is 0 Å². The minimum Gasteiger partial charge on any atom is -0.550 e. The fourth-order valence-corrected chi connectivity index (χ4v) is 4.28. The number of carbonyl (C=O) groups is 2. The molecule has 0 aliphatic heterocycles. The van der Waals surface area contributed by atoms with Crippen LogP contribution in [0.5, 0.6) is 0 Å². The van der Waals surface area contributed by atoms with Crippen LogP contribution in [-0.4, -0.2) is 47.7 Å². The molecule has 0 fully saturated rings. The van der Waals surface area contributed by atoms with Crippen LogP contribution >= 0.6 is 0 Å². The molecular formula is C16H21F7Na2O7S. The molecule has 0 bridgehead atoms. The molecule has 0 rings (SSSR count). The van der Waals surface area contributed by atoms with Crippen LogP contribution in [0.2, 0.25) is 0 Å². The predicted octanol–water partition coefficient (Wildman–Crippen LogP) is -4.43. The molecule has 3 atom stereocenters. The van der Waals surface area contributed by atoms with Crippen LogP contribution in [0.25, 0.3) is 0 Å². The molecular weight excluding hydrogens is 515 g/mol. The summed E-state index contributed by atoms with van der Waals surface area (Å²) >= 11 is 0. The van der Waals surface area contributed by atoms with Crippen molar-refractivity contribution in [1.29, 1.82) is 0 Å². The maximum absolute atomic E-state index is 14.0. The summed E-state index contributed by atoms with van der Waals surface area (Å²) in [7, 11) is -6.55. The average Bonchev–Trinajstić information content (AvgIpc) is 2.57. The minimum atomic E-state index is -6.96. The SMILES string of the molecule is CCCCC(CC)CC(C(=O)[O-])C(CC(F)(F)C(F)(F)C(F)(F)F)(C(=O)[O-])S(=O)(=O)O.[Na+].[Na+]. The van der Waals surface area contributed by atoms with E-state index in [4.69, 9.17) is 0 Å². The van der Waals surface area contributed by atoms with Crippen LogP contribution < -0.4 is 69.3 Å². The first kappa shape index (κ1) is 37.9. The molecule has 0 aliphatic rings. The quantitative estimate of drug-likeness (QED) is 0.143. The van der Waals surface area contributed by atoms with E-state index in [0.717, 1.165) is 0 Å². The first-order valence-electron chi connectivity index (χ1n) is 8.94. The monoisotopic (exact) mass is 536 g/mol. The number of alkyl halides is 7. The van der Waals surface area contributed by atoms with E-state index in [9.17, 15) is 63.5 Å². The van der Waals surface area contributed by atoms with Crippen molar-refractivity contribution >= 4 is 22.1 Å². The molecule has 0 radical (unpaired) electrons. The molecule has 0 saturated carbocycles. The minimum absolute atomic E-state index is 0. The number of halogens is 7. The topological polar surface area (TPSA) is 135 Å². The Labute approximate surface area is 230 Å². The molecule has 17 heteroatoms. The molecule has 0 heterocycles. The Balaban J connectivity index is -0.00000450. The second-order valence-corrected chi connectivity index (χ2v) is 8.81. The summed E-state index contributed by atoms with van der Waals surface area (Å²) in [5, 5.41) is 23.1. The molecule has 7 nitrogen and oxygen atoms in total. The van der Waals surface area contributed by atoms with Gasteiger partial charge in [0.05, 0.1) is 5.97 Å². The van der Waals surface area contributed by atoms with Crippen LogP contribution in [0.15, 0.2) is 0 Å². The van der Waals surface area contributed by atoms with Crippen molar-refractivity contribution in [2.45, 2.75) is 75.1 Å². The zero-order chi connectivity index (χ0) is 25.1. The Morgan fingerprint density at radius 1 is 0.970 bits per heavy atom. The molecule has 33 heavy (non-hydrogen) atoms. The zero-order valence-electron chi connectivity index (χ0n) is 18.3. The second kappa shape index (κ2) is 13.6. The van der Waals surface area contributed by atoms with Gasteiger partial charge in [0.1, 0.15) is 0 Å². The van der Waals surface area contributed by atoms with Crippen LogP contribution in [0.1, 0.15) is 52.4 Å². The normalized spacial score (nSPS) is 16.5. The van der Waals surface area contributed by atoms with Crippen molar-refractivity contribution in [2.75, 3.05) is 0 Å². The number of carbonyl (C=O) groups excluding carboxylic acids is 2. The number of hydrogen-bond acceptors (Lipinski definition) is 6. The van der Waals surface area contributed by atoms with Gasteiger partial charge in [0.2, 0.25) is 0 Å². The first-order valence-corrected chi connectivity index (χ1v) is 10.4. The van der Waals surface area contributed by atoms with E-state index in [-0.39, 0.29) is 72.0 Å². The Hall–Kier alpha value is 0.360. The van der Waals surface area contributed by atoms with Gasteiger partial charge in [-0.3, -0.25) is 4.55 Å². The average molecular weight is 536 g/mol. The first-order chi connectivity index (χ1) is 13.7. The summed E-state index contributed by atoms with van der Waals surface area (Å²) in [6.45, 7) is 3.11. The molecule has 184 valence electrons. The van der Waals surface area contributed by atoms with Gasteiger partial charge in [-0.2, -0.15) is 39.2 Å². The number of carboxylic acids is 2. The van der Waals surface area contributed by atoms with Gasteiger partial charge in [0, 0.05) is 18.3 Å². The maximum Gasteiger partial charge on any atom is 1.00 e. The van der Waals surface area contributed by atoms with Gasteiger partial charge >= 0.3 is 77.1 Å². The number of carboxylic acid groups (broad SMARTS) is 2. The summed E-state index contributed by atoms with van der Waals surface area (Å²) in [5.41, 5.74) is 0. The molecule has 0 amide bonds. The van der Waals surface area contributed by atoms with Gasteiger partial charge < -0.3 is 19.8 Å². The number of aliphatic carboxylic acids is 2. The molecule has 1 N–H and O–H groups in total. The molecule has 0 saturated heterocycles. The molecule has 0 aliphatic carbocycles. The largest absolute Gasteiger partial charge is 1.00 e. The summed E-state index contributed by atoms with van der Waals surface area (Å²) in [6.07, 6.45) is -10.4. The van der Waals surface area contributed by atoms with Crippen molar-refractivity contribution in [3.8, 4) is 0 Å². The molecule has 0 aromatic heterocycles. The molecule has 0 spiro atoms. The summed E-state index contributed by atoms with van der Waals surface area (Å²) in [5.74, 6) is -23.4. The second-order valence-electron chi connectivity index (χ2n) is 7.13. The van der Waals surface area contributed by atoms with E-state index in [0.29, 0.717) is 12.8 Å². The smallest absolute Gasteiger partial charge is 0.550 e. The van der Waals surface area contributed by atoms with Crippen molar-refractivity contribution in [2.24, 2.45) is 11.8 Å². The number of rotatable bonds is 13. The van der Waals surface area contributed by atoms with Gasteiger partial charge in [-0.15, -0.1) is 0 Å². The zero-order valence-corrected chi connectivity index (χ0v) is 23.2. The van der Waals surface area contributed by atoms with Crippen LogP contribution in [0.3, 0.4) is 0 Å². The molecule has 3 unspecified atom stereocenters. The predicted molar refractivity (Wildman–Crippen MR) is 86.3 cm³/mol. The molecule has 0 aromatic carbocycles. The van der Waals surface area contributed by atoms with E-state index in [1.165, 1.54) is 6.92 Å². The van der Waals surface area contributed by atoms with E-state index in [1.807, 2.05) is 0 Å². The number of unbranched alkanes of at least 4 members (excludes halogenated alkanes) is 1. The Kier molecular flexibility index (Phi) is 15.6. The third kappa shape index (κ3) is 8.46. The van der Waals surface area contributed by atoms with Gasteiger partial charge in [0.15, 0.2) is 4.75 Å². The van der Waals surface area contributed by atoms with E-state index < -0.39 is 69.5 Å². The molecule has 0 aromatic rings. The van der Waals surface area contributed by atoms with Gasteiger partial charge in [-0.25, -0.2) is 0 Å². The summed E-state index contributed by atoms with van der Waals surface area (Å²) < 4.78 is 120. The number of hydrogen-bond donors (Lipinski definition) is 1.